The average Bonchev–Trinajstić information content (AvgIpc) is 2.36. The highest BCUT2D eigenvalue weighted by Gasteiger charge is 2.37. The van der Waals surface area contributed by atoms with Crippen LogP contribution in [0.15, 0.2) is 18.2 Å². The van der Waals surface area contributed by atoms with Crippen molar-refractivity contribution in [1.82, 2.24) is 0 Å². The van der Waals surface area contributed by atoms with Crippen LogP contribution in [-0.2, 0) is 9.53 Å². The SMILES string of the molecule is CCOC(=O)CCC1(C)CC(=O)c2ccc(O)cc2O1. The molecule has 1 heterocycles. The summed E-state index contributed by atoms with van der Waals surface area (Å²) in [5.41, 5.74) is -0.277. The van der Waals surface area contributed by atoms with Gasteiger partial charge in [0, 0.05) is 12.5 Å². The Morgan fingerprint density at radius 3 is 2.95 bits per heavy atom. The quantitative estimate of drug-likeness (QED) is 0.856. The highest BCUT2D eigenvalue weighted by Crippen LogP contribution is 2.37. The predicted molar refractivity (Wildman–Crippen MR) is 72.0 cm³/mol. The molecule has 0 saturated heterocycles. The van der Waals surface area contributed by atoms with Crippen LogP contribution >= 0.6 is 0 Å². The molecule has 0 radical (unpaired) electrons. The van der Waals surface area contributed by atoms with E-state index >= 15 is 0 Å². The summed E-state index contributed by atoms with van der Waals surface area (Å²) in [7, 11) is 0. The number of ether oxygens (including phenoxy) is 2. The number of hydrogen-bond donors (Lipinski definition) is 1. The van der Waals surface area contributed by atoms with Gasteiger partial charge in [-0.25, -0.2) is 0 Å². The van der Waals surface area contributed by atoms with Crippen LogP contribution in [0.1, 0.15) is 43.5 Å². The number of benzene rings is 1. The fourth-order valence-electron chi connectivity index (χ4n) is 2.30. The summed E-state index contributed by atoms with van der Waals surface area (Å²) in [6.45, 7) is 3.88. The standard InChI is InChI=1S/C15H18O5/c1-3-19-14(18)6-7-15(2)9-12(17)11-5-4-10(16)8-13(11)20-15/h4-5,8,16H,3,6-7,9H2,1-2H3. The topological polar surface area (TPSA) is 72.8 Å². The van der Waals surface area contributed by atoms with Crippen LogP contribution < -0.4 is 4.74 Å². The van der Waals surface area contributed by atoms with Crippen LogP contribution in [0, 0.1) is 0 Å². The highest BCUT2D eigenvalue weighted by molar-refractivity contribution is 6.00. The molecule has 108 valence electrons. The summed E-state index contributed by atoms with van der Waals surface area (Å²) >= 11 is 0. The molecule has 0 amide bonds. The van der Waals surface area contributed by atoms with Gasteiger partial charge in [0.2, 0.25) is 0 Å². The zero-order valence-electron chi connectivity index (χ0n) is 11.6. The maximum absolute atomic E-state index is 12.1. The zero-order chi connectivity index (χ0) is 14.8. The van der Waals surface area contributed by atoms with E-state index < -0.39 is 5.60 Å². The lowest BCUT2D eigenvalue weighted by Gasteiger charge is -2.34. The molecule has 1 aliphatic rings. The third kappa shape index (κ3) is 3.10. The molecular weight excluding hydrogens is 260 g/mol. The van der Waals surface area contributed by atoms with Gasteiger partial charge in [-0.2, -0.15) is 0 Å². The van der Waals surface area contributed by atoms with Crippen LogP contribution in [0.4, 0.5) is 0 Å². The summed E-state index contributed by atoms with van der Waals surface area (Å²) < 4.78 is 10.7. The summed E-state index contributed by atoms with van der Waals surface area (Å²) in [5, 5.41) is 9.47. The van der Waals surface area contributed by atoms with Crippen molar-refractivity contribution in [3.05, 3.63) is 23.8 Å². The van der Waals surface area contributed by atoms with Crippen LogP contribution in [0.5, 0.6) is 11.5 Å². The number of ketones is 1. The summed E-state index contributed by atoms with van der Waals surface area (Å²) in [6.07, 6.45) is 0.808. The summed E-state index contributed by atoms with van der Waals surface area (Å²) in [6, 6.07) is 4.44. The Labute approximate surface area is 117 Å². The largest absolute Gasteiger partial charge is 0.508 e. The van der Waals surface area contributed by atoms with Gasteiger partial charge in [0.25, 0.3) is 0 Å². The summed E-state index contributed by atoms with van der Waals surface area (Å²) in [4.78, 5) is 23.5. The van der Waals surface area contributed by atoms with Gasteiger partial charge in [-0.3, -0.25) is 9.59 Å². The number of rotatable bonds is 4. The van der Waals surface area contributed by atoms with Crippen molar-refractivity contribution in [1.29, 1.82) is 0 Å². The zero-order valence-corrected chi connectivity index (χ0v) is 11.6. The van der Waals surface area contributed by atoms with Crippen LogP contribution in [0.25, 0.3) is 0 Å². The van der Waals surface area contributed by atoms with Crippen molar-refractivity contribution < 1.29 is 24.2 Å². The number of esters is 1. The second-order valence-electron chi connectivity index (χ2n) is 5.14. The van der Waals surface area contributed by atoms with Crippen LogP contribution in [-0.4, -0.2) is 29.1 Å². The van der Waals surface area contributed by atoms with Gasteiger partial charge in [0.15, 0.2) is 5.78 Å². The Kier molecular flexibility index (Phi) is 3.97. The molecule has 2 rings (SSSR count). The first-order valence-electron chi connectivity index (χ1n) is 6.64. The van der Waals surface area contributed by atoms with Gasteiger partial charge < -0.3 is 14.6 Å². The van der Waals surface area contributed by atoms with Gasteiger partial charge in [-0.15, -0.1) is 0 Å². The number of Topliss-reactive ketones (excluding diaryl/α,β-unsaturated/α-hetero) is 1. The average molecular weight is 278 g/mol. The number of fused-ring (bicyclic) bond motifs is 1. The molecule has 1 aromatic carbocycles. The molecule has 0 bridgehead atoms. The molecule has 0 aliphatic carbocycles. The minimum atomic E-state index is -0.745. The fourth-order valence-corrected chi connectivity index (χ4v) is 2.30. The molecule has 5 heteroatoms. The first-order chi connectivity index (χ1) is 9.43. The second kappa shape index (κ2) is 5.53. The number of phenolic OH excluding ortho intramolecular Hbond substituents is 1. The Bertz CT molecular complexity index is 537. The Morgan fingerprint density at radius 2 is 2.25 bits per heavy atom. The third-order valence-corrected chi connectivity index (χ3v) is 3.32. The Hall–Kier alpha value is -2.04. The highest BCUT2D eigenvalue weighted by atomic mass is 16.5. The first kappa shape index (κ1) is 14.4. The van der Waals surface area contributed by atoms with Gasteiger partial charge in [0.1, 0.15) is 17.1 Å². The number of carbonyl (C=O) groups is 2. The molecule has 1 unspecified atom stereocenters. The third-order valence-electron chi connectivity index (χ3n) is 3.32. The fraction of sp³-hybridized carbons (Fsp3) is 0.467. The van der Waals surface area contributed by atoms with Crippen molar-refractivity contribution in [2.45, 2.75) is 38.7 Å². The lowest BCUT2D eigenvalue weighted by molar-refractivity contribution is -0.144. The van der Waals surface area contributed by atoms with E-state index in [1.165, 1.54) is 12.1 Å². The van der Waals surface area contributed by atoms with E-state index in [1.807, 2.05) is 0 Å². The lowest BCUT2D eigenvalue weighted by atomic mass is 9.88. The minimum Gasteiger partial charge on any atom is -0.508 e. The molecule has 0 fully saturated rings. The van der Waals surface area contributed by atoms with Crippen molar-refractivity contribution in [3.8, 4) is 11.5 Å². The molecule has 20 heavy (non-hydrogen) atoms. The second-order valence-corrected chi connectivity index (χ2v) is 5.14. The number of carbonyl (C=O) groups excluding carboxylic acids is 2. The summed E-state index contributed by atoms with van der Waals surface area (Å²) in [5.74, 6) is 0.0721. The normalized spacial score (nSPS) is 21.0. The van der Waals surface area contributed by atoms with Gasteiger partial charge in [-0.1, -0.05) is 0 Å². The van der Waals surface area contributed by atoms with Crippen molar-refractivity contribution in [2.75, 3.05) is 6.61 Å². The molecule has 1 aliphatic heterocycles. The number of phenols is 1. The van der Waals surface area contributed by atoms with Crippen molar-refractivity contribution in [2.24, 2.45) is 0 Å². The monoisotopic (exact) mass is 278 g/mol. The van der Waals surface area contributed by atoms with Crippen molar-refractivity contribution >= 4 is 11.8 Å². The van der Waals surface area contributed by atoms with E-state index in [0.29, 0.717) is 24.3 Å². The first-order valence-corrected chi connectivity index (χ1v) is 6.64. The maximum atomic E-state index is 12.1. The maximum Gasteiger partial charge on any atom is 0.305 e. The smallest absolute Gasteiger partial charge is 0.305 e. The number of hydrogen-bond acceptors (Lipinski definition) is 5. The predicted octanol–water partition coefficient (Wildman–Crippen LogP) is 2.46. The number of aromatic hydroxyl groups is 1. The lowest BCUT2D eigenvalue weighted by Crippen LogP contribution is -2.39. The molecule has 1 aromatic rings. The van der Waals surface area contributed by atoms with Crippen LogP contribution in [0.3, 0.4) is 0 Å². The van der Waals surface area contributed by atoms with E-state index in [4.69, 9.17) is 9.47 Å². The van der Waals surface area contributed by atoms with Crippen LogP contribution in [0.2, 0.25) is 0 Å². The molecule has 5 nitrogen and oxygen atoms in total. The van der Waals surface area contributed by atoms with E-state index in [2.05, 4.69) is 0 Å². The molecule has 1 N–H and O–H groups in total. The molecule has 0 spiro atoms. The van der Waals surface area contributed by atoms with E-state index in [9.17, 15) is 14.7 Å². The van der Waals surface area contributed by atoms with Gasteiger partial charge in [0.05, 0.1) is 18.6 Å². The van der Waals surface area contributed by atoms with Gasteiger partial charge in [-0.05, 0) is 32.4 Å². The molecule has 0 aromatic heterocycles. The molecule has 1 atom stereocenters. The molecular formula is C15H18O5. The van der Waals surface area contributed by atoms with Crippen molar-refractivity contribution in [3.63, 3.8) is 0 Å². The van der Waals surface area contributed by atoms with E-state index in [1.54, 1.807) is 19.9 Å². The van der Waals surface area contributed by atoms with E-state index in [-0.39, 0.29) is 30.3 Å². The Morgan fingerprint density at radius 1 is 1.50 bits per heavy atom. The minimum absolute atomic E-state index is 0.0439. The van der Waals surface area contributed by atoms with Gasteiger partial charge >= 0.3 is 5.97 Å². The van der Waals surface area contributed by atoms with E-state index in [0.717, 1.165) is 0 Å². The molecule has 0 saturated carbocycles. The Balaban J connectivity index is 2.11.